The van der Waals surface area contributed by atoms with Gasteiger partial charge in [0, 0.05) is 38.8 Å². The van der Waals surface area contributed by atoms with Crippen LogP contribution in [0.3, 0.4) is 0 Å². The van der Waals surface area contributed by atoms with E-state index in [2.05, 4.69) is 14.7 Å². The second-order valence-corrected chi connectivity index (χ2v) is 8.28. The van der Waals surface area contributed by atoms with Gasteiger partial charge in [-0.25, -0.2) is 4.79 Å². The molecule has 170 valence electrons. The van der Waals surface area contributed by atoms with Gasteiger partial charge in [-0.05, 0) is 38.7 Å². The lowest BCUT2D eigenvalue weighted by molar-refractivity contribution is -0.308. The zero-order valence-corrected chi connectivity index (χ0v) is 16.8. The van der Waals surface area contributed by atoms with Crippen molar-refractivity contribution in [2.75, 3.05) is 26.2 Å². The highest BCUT2D eigenvalue weighted by molar-refractivity contribution is 5.68. The first-order valence-corrected chi connectivity index (χ1v) is 9.62. The number of aromatic nitrogens is 2. The largest absolute Gasteiger partial charge is 0.434 e. The summed E-state index contributed by atoms with van der Waals surface area (Å²) in [5.74, 6) is -0.0476. The first-order chi connectivity index (χ1) is 13.8. The Morgan fingerprint density at radius 1 is 1.10 bits per heavy atom. The fourth-order valence-electron chi connectivity index (χ4n) is 4.23. The highest BCUT2D eigenvalue weighted by atomic mass is 19.4. The van der Waals surface area contributed by atoms with Crippen LogP contribution in [0.5, 0.6) is 0 Å². The number of likely N-dealkylation sites (tertiary alicyclic amines) is 2. The van der Waals surface area contributed by atoms with Crippen LogP contribution in [-0.4, -0.2) is 70.3 Å². The third-order valence-corrected chi connectivity index (χ3v) is 5.44. The van der Waals surface area contributed by atoms with Gasteiger partial charge >= 0.3 is 18.4 Å². The molecule has 0 N–H and O–H groups in total. The van der Waals surface area contributed by atoms with Crippen molar-refractivity contribution in [1.82, 2.24) is 19.6 Å². The van der Waals surface area contributed by atoms with Crippen LogP contribution in [0.25, 0.3) is 0 Å². The fourth-order valence-corrected chi connectivity index (χ4v) is 4.23. The lowest BCUT2D eigenvalue weighted by Crippen LogP contribution is -2.48. The molecule has 0 aromatic carbocycles. The van der Waals surface area contributed by atoms with E-state index in [0.717, 1.165) is 16.3 Å². The molecule has 1 aromatic heterocycles. The molecule has 2 saturated heterocycles. The van der Waals surface area contributed by atoms with Gasteiger partial charge in [-0.15, -0.1) is 0 Å². The van der Waals surface area contributed by atoms with E-state index in [1.54, 1.807) is 0 Å². The highest BCUT2D eigenvalue weighted by Crippen LogP contribution is 2.37. The maximum absolute atomic E-state index is 12.6. The predicted molar refractivity (Wildman–Crippen MR) is 93.6 cm³/mol. The summed E-state index contributed by atoms with van der Waals surface area (Å²) in [7, 11) is 0. The number of aryl methyl sites for hydroxylation is 1. The van der Waals surface area contributed by atoms with Crippen molar-refractivity contribution in [3.05, 3.63) is 17.5 Å². The van der Waals surface area contributed by atoms with Crippen molar-refractivity contribution >= 4 is 6.09 Å². The van der Waals surface area contributed by atoms with E-state index in [0.29, 0.717) is 19.6 Å². The molecule has 3 heterocycles. The molecule has 2 atom stereocenters. The van der Waals surface area contributed by atoms with Crippen molar-refractivity contribution in [2.24, 2.45) is 11.8 Å². The SMILES string of the molecule is Cc1cc(CN2CC3CN(C(=O)OC(C(F)(F)F)C(F)(F)F)CC3C2)n(C(C)C)n1. The van der Waals surface area contributed by atoms with Gasteiger partial charge < -0.3 is 9.64 Å². The van der Waals surface area contributed by atoms with Crippen molar-refractivity contribution in [3.63, 3.8) is 0 Å². The minimum absolute atomic E-state index is 0.0238. The normalized spacial score (nSPS) is 23.0. The molecule has 12 heteroatoms. The monoisotopic (exact) mass is 442 g/mol. The van der Waals surface area contributed by atoms with Crippen LogP contribution in [0.1, 0.15) is 31.3 Å². The van der Waals surface area contributed by atoms with Crippen molar-refractivity contribution < 1.29 is 35.9 Å². The lowest BCUT2D eigenvalue weighted by atomic mass is 10.0. The quantitative estimate of drug-likeness (QED) is 0.667. The number of hydrogen-bond donors (Lipinski definition) is 0. The van der Waals surface area contributed by atoms with E-state index >= 15 is 0 Å². The highest BCUT2D eigenvalue weighted by Gasteiger charge is 2.60. The van der Waals surface area contributed by atoms with Gasteiger partial charge in [0.1, 0.15) is 0 Å². The smallest absolute Gasteiger partial charge is 0.426 e. The molecule has 30 heavy (non-hydrogen) atoms. The second-order valence-electron chi connectivity index (χ2n) is 8.28. The number of hydrogen-bond acceptors (Lipinski definition) is 4. The van der Waals surface area contributed by atoms with Crippen LogP contribution in [-0.2, 0) is 11.3 Å². The summed E-state index contributed by atoms with van der Waals surface area (Å²) < 4.78 is 81.4. The number of fused-ring (bicyclic) bond motifs is 1. The number of carbonyl (C=O) groups is 1. The molecule has 1 aromatic rings. The van der Waals surface area contributed by atoms with E-state index in [4.69, 9.17) is 0 Å². The van der Waals surface area contributed by atoms with E-state index in [1.807, 2.05) is 31.5 Å². The molecule has 0 radical (unpaired) electrons. The molecular weight excluding hydrogens is 418 g/mol. The number of ether oxygens (including phenoxy) is 1. The zero-order chi connectivity index (χ0) is 22.4. The maximum atomic E-state index is 12.6. The maximum Gasteiger partial charge on any atom is 0.434 e. The Morgan fingerprint density at radius 2 is 1.63 bits per heavy atom. The van der Waals surface area contributed by atoms with Crippen LogP contribution >= 0.6 is 0 Å². The van der Waals surface area contributed by atoms with E-state index < -0.39 is 24.5 Å². The van der Waals surface area contributed by atoms with Gasteiger partial charge in [0.2, 0.25) is 0 Å². The van der Waals surface area contributed by atoms with Gasteiger partial charge in [0.25, 0.3) is 6.10 Å². The molecule has 0 bridgehead atoms. The molecule has 6 nitrogen and oxygen atoms in total. The Bertz CT molecular complexity index is 748. The average molecular weight is 442 g/mol. The van der Waals surface area contributed by atoms with Crippen LogP contribution in [0, 0.1) is 18.8 Å². The number of carbonyl (C=O) groups excluding carboxylic acids is 1. The molecule has 2 aliphatic rings. The summed E-state index contributed by atoms with van der Waals surface area (Å²) in [6.45, 7) is 7.92. The third kappa shape index (κ3) is 4.84. The predicted octanol–water partition coefficient (Wildman–Crippen LogP) is 3.77. The summed E-state index contributed by atoms with van der Waals surface area (Å²) >= 11 is 0. The van der Waals surface area contributed by atoms with Gasteiger partial charge in [0.15, 0.2) is 0 Å². The van der Waals surface area contributed by atoms with Crippen molar-refractivity contribution in [1.29, 1.82) is 0 Å². The molecule has 2 aliphatic heterocycles. The average Bonchev–Trinajstić information content (AvgIpc) is 3.23. The van der Waals surface area contributed by atoms with Gasteiger partial charge in [-0.2, -0.15) is 31.4 Å². The fraction of sp³-hybridized carbons (Fsp3) is 0.778. The third-order valence-electron chi connectivity index (χ3n) is 5.44. The molecular formula is C18H24F6N4O2. The van der Waals surface area contributed by atoms with Crippen LogP contribution in [0.4, 0.5) is 31.1 Å². The Hall–Kier alpha value is -1.98. The first kappa shape index (κ1) is 22.7. The number of nitrogens with zero attached hydrogens (tertiary/aromatic N) is 4. The Morgan fingerprint density at radius 3 is 2.10 bits per heavy atom. The number of alkyl halides is 6. The second kappa shape index (κ2) is 7.93. The molecule has 3 rings (SSSR count). The minimum atomic E-state index is -5.71. The Labute approximate surface area is 169 Å². The van der Waals surface area contributed by atoms with Gasteiger partial charge in [-0.3, -0.25) is 9.58 Å². The van der Waals surface area contributed by atoms with Crippen molar-refractivity contribution in [3.8, 4) is 0 Å². The van der Waals surface area contributed by atoms with E-state index in [9.17, 15) is 31.1 Å². The molecule has 2 fully saturated rings. The molecule has 0 aliphatic carbocycles. The summed E-state index contributed by atoms with van der Waals surface area (Å²) in [6.07, 6.45) is -17.1. The Balaban J connectivity index is 1.57. The lowest BCUT2D eigenvalue weighted by Gasteiger charge is -2.26. The standard InChI is InChI=1S/C18H24F6N4O2/c1-10(2)28-14(4-11(3)25-28)9-26-5-12-7-27(8-13(12)6-26)16(29)30-15(17(19,20)21)18(22,23)24/h4,10,12-13,15H,5-9H2,1-3H3. The van der Waals surface area contributed by atoms with Crippen LogP contribution < -0.4 is 0 Å². The summed E-state index contributed by atoms with van der Waals surface area (Å²) in [6, 6.07) is 2.18. The minimum Gasteiger partial charge on any atom is -0.426 e. The molecule has 0 spiro atoms. The number of rotatable bonds is 4. The van der Waals surface area contributed by atoms with Crippen LogP contribution in [0.15, 0.2) is 6.07 Å². The van der Waals surface area contributed by atoms with Crippen molar-refractivity contribution in [2.45, 2.75) is 51.8 Å². The topological polar surface area (TPSA) is 50.6 Å². The van der Waals surface area contributed by atoms with E-state index in [1.165, 1.54) is 0 Å². The molecule has 0 saturated carbocycles. The summed E-state index contributed by atoms with van der Waals surface area (Å²) in [5, 5.41) is 4.46. The summed E-state index contributed by atoms with van der Waals surface area (Å²) in [5.41, 5.74) is 1.94. The van der Waals surface area contributed by atoms with Gasteiger partial charge in [-0.1, -0.05) is 0 Å². The zero-order valence-electron chi connectivity index (χ0n) is 16.8. The number of amides is 1. The van der Waals surface area contributed by atoms with Crippen LogP contribution in [0.2, 0.25) is 0 Å². The molecule has 2 unspecified atom stereocenters. The molecule has 1 amide bonds. The summed E-state index contributed by atoms with van der Waals surface area (Å²) in [4.78, 5) is 15.1. The Kier molecular flexibility index (Phi) is 6.00. The van der Waals surface area contributed by atoms with E-state index in [-0.39, 0.29) is 31.0 Å². The number of halogens is 6. The first-order valence-electron chi connectivity index (χ1n) is 9.62. The van der Waals surface area contributed by atoms with Gasteiger partial charge in [0.05, 0.1) is 11.4 Å².